The fraction of sp³-hybridized carbons (Fsp3) is 0.250. The summed E-state index contributed by atoms with van der Waals surface area (Å²) in [5.41, 5.74) is 0. The number of carboxylic acids is 1. The van der Waals surface area contributed by atoms with Gasteiger partial charge in [0, 0.05) is 12.7 Å². The Hall–Kier alpha value is -2.37. The SMILES string of the molecule is C=CCOC(=O)N(CCC(=O)O)c1ccccn1. The van der Waals surface area contributed by atoms with Crippen molar-refractivity contribution in [2.45, 2.75) is 6.42 Å². The predicted molar refractivity (Wildman–Crippen MR) is 65.4 cm³/mol. The van der Waals surface area contributed by atoms with Gasteiger partial charge >= 0.3 is 12.1 Å². The molecule has 6 nitrogen and oxygen atoms in total. The number of aromatic nitrogens is 1. The lowest BCUT2D eigenvalue weighted by molar-refractivity contribution is -0.136. The van der Waals surface area contributed by atoms with E-state index >= 15 is 0 Å². The number of aliphatic carboxylic acids is 1. The largest absolute Gasteiger partial charge is 0.481 e. The Morgan fingerprint density at radius 2 is 2.28 bits per heavy atom. The molecule has 0 saturated carbocycles. The highest BCUT2D eigenvalue weighted by atomic mass is 16.6. The van der Waals surface area contributed by atoms with Gasteiger partial charge in [-0.2, -0.15) is 0 Å². The second kappa shape index (κ2) is 7.05. The number of anilines is 1. The molecule has 96 valence electrons. The molecule has 0 radical (unpaired) electrons. The van der Waals surface area contributed by atoms with Crippen molar-refractivity contribution in [2.24, 2.45) is 0 Å². The number of pyridine rings is 1. The van der Waals surface area contributed by atoms with Crippen molar-refractivity contribution in [3.8, 4) is 0 Å². The van der Waals surface area contributed by atoms with Gasteiger partial charge in [-0.3, -0.25) is 9.69 Å². The number of carbonyl (C=O) groups excluding carboxylic acids is 1. The number of nitrogens with zero attached hydrogens (tertiary/aromatic N) is 2. The van der Waals surface area contributed by atoms with Gasteiger partial charge in [0.25, 0.3) is 0 Å². The summed E-state index contributed by atoms with van der Waals surface area (Å²) in [6.07, 6.45) is 2.13. The van der Waals surface area contributed by atoms with Crippen LogP contribution in [0.4, 0.5) is 10.6 Å². The highest BCUT2D eigenvalue weighted by Crippen LogP contribution is 2.11. The summed E-state index contributed by atoms with van der Waals surface area (Å²) in [6, 6.07) is 5.02. The van der Waals surface area contributed by atoms with Crippen molar-refractivity contribution in [1.82, 2.24) is 4.98 Å². The molecule has 0 aliphatic carbocycles. The van der Waals surface area contributed by atoms with Crippen LogP contribution in [0.1, 0.15) is 6.42 Å². The number of carbonyl (C=O) groups is 2. The van der Waals surface area contributed by atoms with E-state index in [0.717, 1.165) is 0 Å². The van der Waals surface area contributed by atoms with Gasteiger partial charge in [-0.25, -0.2) is 9.78 Å². The number of ether oxygens (including phenoxy) is 1. The average molecular weight is 250 g/mol. The van der Waals surface area contributed by atoms with E-state index in [4.69, 9.17) is 9.84 Å². The van der Waals surface area contributed by atoms with Crippen molar-refractivity contribution < 1.29 is 19.4 Å². The Kier molecular flexibility index (Phi) is 5.37. The molecular weight excluding hydrogens is 236 g/mol. The first-order valence-electron chi connectivity index (χ1n) is 5.33. The molecule has 0 atom stereocenters. The third-order valence-corrected chi connectivity index (χ3v) is 2.02. The molecule has 1 N–H and O–H groups in total. The lowest BCUT2D eigenvalue weighted by atomic mass is 10.3. The van der Waals surface area contributed by atoms with Crippen LogP contribution in [0.5, 0.6) is 0 Å². The van der Waals surface area contributed by atoms with Crippen LogP contribution in [0, 0.1) is 0 Å². The summed E-state index contributed by atoms with van der Waals surface area (Å²) in [4.78, 5) is 27.5. The van der Waals surface area contributed by atoms with Gasteiger partial charge in [0.15, 0.2) is 0 Å². The van der Waals surface area contributed by atoms with Crippen LogP contribution in [0.15, 0.2) is 37.1 Å². The average Bonchev–Trinajstić information content (AvgIpc) is 2.37. The maximum absolute atomic E-state index is 11.7. The molecule has 0 spiro atoms. The number of amides is 1. The third-order valence-electron chi connectivity index (χ3n) is 2.02. The second-order valence-electron chi connectivity index (χ2n) is 3.35. The maximum Gasteiger partial charge on any atom is 0.415 e. The van der Waals surface area contributed by atoms with E-state index in [1.54, 1.807) is 18.2 Å². The normalized spacial score (nSPS) is 9.56. The minimum atomic E-state index is -0.993. The molecule has 0 saturated heterocycles. The predicted octanol–water partition coefficient (Wildman–Crippen LogP) is 1.69. The van der Waals surface area contributed by atoms with E-state index in [1.807, 2.05) is 0 Å². The van der Waals surface area contributed by atoms with Crippen molar-refractivity contribution in [1.29, 1.82) is 0 Å². The van der Waals surface area contributed by atoms with Gasteiger partial charge in [0.1, 0.15) is 12.4 Å². The van der Waals surface area contributed by atoms with E-state index in [2.05, 4.69) is 11.6 Å². The van der Waals surface area contributed by atoms with Crippen LogP contribution >= 0.6 is 0 Å². The number of rotatable bonds is 6. The van der Waals surface area contributed by atoms with Crippen molar-refractivity contribution >= 4 is 17.9 Å². The van der Waals surface area contributed by atoms with Crippen LogP contribution in [0.25, 0.3) is 0 Å². The molecule has 1 aromatic heterocycles. The maximum atomic E-state index is 11.7. The smallest absolute Gasteiger partial charge is 0.415 e. The monoisotopic (exact) mass is 250 g/mol. The third kappa shape index (κ3) is 4.25. The van der Waals surface area contributed by atoms with Gasteiger partial charge in [-0.15, -0.1) is 0 Å². The second-order valence-corrected chi connectivity index (χ2v) is 3.35. The van der Waals surface area contributed by atoms with Crippen LogP contribution < -0.4 is 4.90 Å². The first-order chi connectivity index (χ1) is 8.65. The van der Waals surface area contributed by atoms with Gasteiger partial charge in [-0.05, 0) is 12.1 Å². The van der Waals surface area contributed by atoms with Crippen molar-refractivity contribution in [3.05, 3.63) is 37.1 Å². The first-order valence-corrected chi connectivity index (χ1v) is 5.33. The first kappa shape index (κ1) is 13.7. The Morgan fingerprint density at radius 3 is 2.83 bits per heavy atom. The summed E-state index contributed by atoms with van der Waals surface area (Å²) < 4.78 is 4.88. The van der Waals surface area contributed by atoms with E-state index in [0.29, 0.717) is 5.82 Å². The van der Waals surface area contributed by atoms with Crippen LogP contribution in [-0.4, -0.2) is 35.3 Å². The van der Waals surface area contributed by atoms with E-state index in [-0.39, 0.29) is 19.6 Å². The zero-order valence-electron chi connectivity index (χ0n) is 9.78. The van der Waals surface area contributed by atoms with Crippen LogP contribution in [0.3, 0.4) is 0 Å². The highest BCUT2D eigenvalue weighted by Gasteiger charge is 2.18. The molecule has 0 unspecified atom stereocenters. The summed E-state index contributed by atoms with van der Waals surface area (Å²) in [7, 11) is 0. The fourth-order valence-electron chi connectivity index (χ4n) is 1.23. The summed E-state index contributed by atoms with van der Waals surface area (Å²) in [6.45, 7) is 3.50. The van der Waals surface area contributed by atoms with Crippen LogP contribution in [-0.2, 0) is 9.53 Å². The summed E-state index contributed by atoms with van der Waals surface area (Å²) in [5, 5.41) is 8.65. The van der Waals surface area contributed by atoms with E-state index in [9.17, 15) is 9.59 Å². The molecule has 1 amide bonds. The Balaban J connectivity index is 2.77. The molecule has 1 aromatic rings. The lowest BCUT2D eigenvalue weighted by Gasteiger charge is -2.19. The van der Waals surface area contributed by atoms with Gasteiger partial charge in [0.2, 0.25) is 0 Å². The van der Waals surface area contributed by atoms with Gasteiger partial charge in [0.05, 0.1) is 6.42 Å². The zero-order chi connectivity index (χ0) is 13.4. The molecule has 0 aliphatic heterocycles. The van der Waals surface area contributed by atoms with Gasteiger partial charge < -0.3 is 9.84 Å². The highest BCUT2D eigenvalue weighted by molar-refractivity contribution is 5.87. The topological polar surface area (TPSA) is 79.7 Å². The molecule has 0 bridgehead atoms. The van der Waals surface area contributed by atoms with E-state index in [1.165, 1.54) is 17.2 Å². The minimum Gasteiger partial charge on any atom is -0.481 e. The Morgan fingerprint density at radius 1 is 1.50 bits per heavy atom. The molecule has 0 fully saturated rings. The quantitative estimate of drug-likeness (QED) is 0.777. The molecule has 18 heavy (non-hydrogen) atoms. The van der Waals surface area contributed by atoms with E-state index < -0.39 is 12.1 Å². The van der Waals surface area contributed by atoms with Crippen LogP contribution in [0.2, 0.25) is 0 Å². The molecule has 0 aromatic carbocycles. The van der Waals surface area contributed by atoms with Gasteiger partial charge in [-0.1, -0.05) is 18.7 Å². The Labute approximate surface area is 105 Å². The minimum absolute atomic E-state index is 0.00230. The van der Waals surface area contributed by atoms with Crippen molar-refractivity contribution in [3.63, 3.8) is 0 Å². The number of carboxylic acid groups (broad SMARTS) is 1. The molecule has 6 heteroatoms. The Bertz CT molecular complexity index is 419. The molecule has 1 rings (SSSR count). The molecular formula is C12H14N2O4. The summed E-state index contributed by atoms with van der Waals surface area (Å²) >= 11 is 0. The molecule has 0 aliphatic rings. The summed E-state index contributed by atoms with van der Waals surface area (Å²) in [5.74, 6) is -0.639. The fourth-order valence-corrected chi connectivity index (χ4v) is 1.23. The standard InChI is InChI=1S/C12H14N2O4/c1-2-9-18-12(17)14(8-6-11(15)16)10-5-3-4-7-13-10/h2-5,7H,1,6,8-9H2,(H,15,16). The lowest BCUT2D eigenvalue weighted by Crippen LogP contribution is -2.34. The number of hydrogen-bond acceptors (Lipinski definition) is 4. The zero-order valence-corrected chi connectivity index (χ0v) is 9.78. The van der Waals surface area contributed by atoms with Crippen molar-refractivity contribution in [2.75, 3.05) is 18.1 Å². The molecule has 1 heterocycles. The number of hydrogen-bond donors (Lipinski definition) is 1.